The van der Waals surface area contributed by atoms with Crippen molar-refractivity contribution in [1.29, 1.82) is 0 Å². The van der Waals surface area contributed by atoms with Gasteiger partial charge in [-0.3, -0.25) is 14.7 Å². The van der Waals surface area contributed by atoms with E-state index in [-0.39, 0.29) is 30.4 Å². The fraction of sp³-hybridized carbons (Fsp3) is 0.333. The molecular formula is C12H16ClN3O. The molecule has 0 spiro atoms. The molecule has 0 fully saturated rings. The van der Waals surface area contributed by atoms with E-state index in [1.54, 1.807) is 6.20 Å². The molecule has 0 saturated carbocycles. The molecule has 1 aliphatic heterocycles. The molecule has 0 saturated heterocycles. The van der Waals surface area contributed by atoms with Crippen LogP contribution in [0.4, 0.5) is 0 Å². The molecule has 2 N–H and O–H groups in total. The number of likely N-dealkylation sites (N-methyl/N-ethyl adjacent to an activating group) is 1. The minimum Gasteiger partial charge on any atom is -0.368 e. The lowest BCUT2D eigenvalue weighted by molar-refractivity contribution is -0.122. The number of pyridine rings is 1. The molecule has 0 aromatic carbocycles. The van der Waals surface area contributed by atoms with Crippen LogP contribution in [0.25, 0.3) is 0 Å². The summed E-state index contributed by atoms with van der Waals surface area (Å²) in [5.74, 6) is -0.320. The van der Waals surface area contributed by atoms with E-state index < -0.39 is 0 Å². The maximum absolute atomic E-state index is 11.3. The van der Waals surface area contributed by atoms with Gasteiger partial charge in [-0.2, -0.15) is 0 Å². The number of carbonyl (C=O) groups excluding carboxylic acids is 1. The molecule has 1 aromatic heterocycles. The number of halogens is 1. The van der Waals surface area contributed by atoms with Crippen LogP contribution in [0.3, 0.4) is 0 Å². The van der Waals surface area contributed by atoms with E-state index in [9.17, 15) is 4.79 Å². The highest BCUT2D eigenvalue weighted by molar-refractivity contribution is 5.85. The number of nitrogens with two attached hydrogens (primary N) is 1. The number of primary amides is 1. The minimum atomic E-state index is -0.333. The highest BCUT2D eigenvalue weighted by atomic mass is 35.5. The lowest BCUT2D eigenvalue weighted by Crippen LogP contribution is -2.44. The lowest BCUT2D eigenvalue weighted by atomic mass is 10.00. The van der Waals surface area contributed by atoms with Crippen LogP contribution in [-0.2, 0) is 4.79 Å². The third-order valence-electron chi connectivity index (χ3n) is 2.93. The van der Waals surface area contributed by atoms with Crippen LogP contribution in [0, 0.1) is 0 Å². The summed E-state index contributed by atoms with van der Waals surface area (Å²) < 4.78 is 0. The summed E-state index contributed by atoms with van der Waals surface area (Å²) in [6.07, 6.45) is 6.47. The van der Waals surface area contributed by atoms with Crippen molar-refractivity contribution in [1.82, 2.24) is 9.88 Å². The molecule has 1 aromatic rings. The number of amides is 1. The third-order valence-corrected chi connectivity index (χ3v) is 2.93. The van der Waals surface area contributed by atoms with Crippen LogP contribution in [0.1, 0.15) is 18.2 Å². The number of hydrogen-bond donors (Lipinski definition) is 1. The first-order valence-electron chi connectivity index (χ1n) is 5.29. The van der Waals surface area contributed by atoms with E-state index in [0.717, 1.165) is 12.1 Å². The molecule has 0 bridgehead atoms. The van der Waals surface area contributed by atoms with Gasteiger partial charge in [-0.1, -0.05) is 18.2 Å². The standard InChI is InChI=1S/C12H15N3O.ClH/c1-15-10(9-5-2-3-8-14-9)6-4-7-11(15)12(13)16;/h2-5,7-8,10-11H,6H2,1H3,(H2,13,16);1H. The van der Waals surface area contributed by atoms with Crippen LogP contribution < -0.4 is 5.73 Å². The highest BCUT2D eigenvalue weighted by Crippen LogP contribution is 2.27. The van der Waals surface area contributed by atoms with Gasteiger partial charge in [0.25, 0.3) is 0 Å². The maximum Gasteiger partial charge on any atom is 0.238 e. The summed E-state index contributed by atoms with van der Waals surface area (Å²) in [6.45, 7) is 0. The molecular weight excluding hydrogens is 238 g/mol. The zero-order chi connectivity index (χ0) is 11.5. The van der Waals surface area contributed by atoms with Crippen molar-refractivity contribution < 1.29 is 4.79 Å². The first kappa shape index (κ1) is 13.7. The number of rotatable bonds is 2. The second-order valence-electron chi connectivity index (χ2n) is 3.95. The summed E-state index contributed by atoms with van der Waals surface area (Å²) in [5.41, 5.74) is 6.32. The van der Waals surface area contributed by atoms with E-state index >= 15 is 0 Å². The highest BCUT2D eigenvalue weighted by Gasteiger charge is 2.29. The fourth-order valence-corrected chi connectivity index (χ4v) is 2.03. The molecule has 1 amide bonds. The Balaban J connectivity index is 0.00000144. The molecule has 5 heteroatoms. The summed E-state index contributed by atoms with van der Waals surface area (Å²) in [4.78, 5) is 17.5. The van der Waals surface area contributed by atoms with Gasteiger partial charge in [-0.05, 0) is 25.6 Å². The number of nitrogens with zero attached hydrogens (tertiary/aromatic N) is 2. The van der Waals surface area contributed by atoms with E-state index in [1.165, 1.54) is 0 Å². The molecule has 2 atom stereocenters. The van der Waals surface area contributed by atoms with E-state index in [1.807, 2.05) is 42.3 Å². The quantitative estimate of drug-likeness (QED) is 0.808. The Morgan fingerprint density at radius 2 is 2.29 bits per heavy atom. The molecule has 92 valence electrons. The Bertz CT molecular complexity index is 407. The topological polar surface area (TPSA) is 59.2 Å². The fourth-order valence-electron chi connectivity index (χ4n) is 2.03. The Labute approximate surface area is 107 Å². The first-order chi connectivity index (χ1) is 7.70. The van der Waals surface area contributed by atoms with E-state index in [0.29, 0.717) is 0 Å². The number of carbonyl (C=O) groups is 1. The predicted octanol–water partition coefficient (Wildman–Crippen LogP) is 1.29. The summed E-state index contributed by atoms with van der Waals surface area (Å²) in [7, 11) is 1.90. The van der Waals surface area contributed by atoms with Crippen LogP contribution in [0.15, 0.2) is 36.5 Å². The van der Waals surface area contributed by atoms with Crippen LogP contribution in [-0.4, -0.2) is 28.9 Å². The van der Waals surface area contributed by atoms with Crippen LogP contribution in [0.2, 0.25) is 0 Å². The second kappa shape index (κ2) is 5.80. The molecule has 0 aliphatic carbocycles. The van der Waals surface area contributed by atoms with Crippen molar-refractivity contribution in [2.45, 2.75) is 18.5 Å². The van der Waals surface area contributed by atoms with Crippen molar-refractivity contribution >= 4 is 18.3 Å². The Kier molecular flexibility index (Phi) is 4.66. The van der Waals surface area contributed by atoms with Gasteiger partial charge in [0.05, 0.1) is 11.7 Å². The summed E-state index contributed by atoms with van der Waals surface area (Å²) in [6, 6.07) is 5.60. The van der Waals surface area contributed by atoms with Crippen LogP contribution >= 0.6 is 12.4 Å². The van der Waals surface area contributed by atoms with Crippen LogP contribution in [0.5, 0.6) is 0 Å². The average Bonchev–Trinajstić information content (AvgIpc) is 2.30. The zero-order valence-corrected chi connectivity index (χ0v) is 10.4. The minimum absolute atomic E-state index is 0. The van der Waals surface area contributed by atoms with Gasteiger partial charge in [-0.25, -0.2) is 0 Å². The maximum atomic E-state index is 11.3. The predicted molar refractivity (Wildman–Crippen MR) is 68.7 cm³/mol. The largest absolute Gasteiger partial charge is 0.368 e. The van der Waals surface area contributed by atoms with Crippen molar-refractivity contribution in [2.75, 3.05) is 7.05 Å². The Morgan fingerprint density at radius 3 is 2.88 bits per heavy atom. The van der Waals surface area contributed by atoms with E-state index in [4.69, 9.17) is 5.73 Å². The van der Waals surface area contributed by atoms with E-state index in [2.05, 4.69) is 4.98 Å². The second-order valence-corrected chi connectivity index (χ2v) is 3.95. The molecule has 0 radical (unpaired) electrons. The zero-order valence-electron chi connectivity index (χ0n) is 9.61. The monoisotopic (exact) mass is 253 g/mol. The summed E-state index contributed by atoms with van der Waals surface area (Å²) in [5, 5.41) is 0. The van der Waals surface area contributed by atoms with Crippen molar-refractivity contribution in [3.63, 3.8) is 0 Å². The Morgan fingerprint density at radius 1 is 1.53 bits per heavy atom. The molecule has 2 rings (SSSR count). The Hall–Kier alpha value is -1.39. The summed E-state index contributed by atoms with van der Waals surface area (Å²) >= 11 is 0. The smallest absolute Gasteiger partial charge is 0.238 e. The SMILES string of the molecule is CN1C(C(N)=O)C=CCC1c1ccccn1.Cl. The normalized spacial score (nSPS) is 24.1. The molecule has 4 nitrogen and oxygen atoms in total. The van der Waals surface area contributed by atoms with Gasteiger partial charge in [0.1, 0.15) is 6.04 Å². The van der Waals surface area contributed by atoms with Gasteiger partial charge in [0.2, 0.25) is 5.91 Å². The van der Waals surface area contributed by atoms with Crippen molar-refractivity contribution in [2.24, 2.45) is 5.73 Å². The van der Waals surface area contributed by atoms with Crippen molar-refractivity contribution in [3.8, 4) is 0 Å². The molecule has 17 heavy (non-hydrogen) atoms. The van der Waals surface area contributed by atoms with Gasteiger partial charge in [0, 0.05) is 6.20 Å². The van der Waals surface area contributed by atoms with Crippen molar-refractivity contribution in [3.05, 3.63) is 42.2 Å². The average molecular weight is 254 g/mol. The number of hydrogen-bond acceptors (Lipinski definition) is 3. The molecule has 1 aliphatic rings. The first-order valence-corrected chi connectivity index (χ1v) is 5.29. The number of aromatic nitrogens is 1. The lowest BCUT2D eigenvalue weighted by Gasteiger charge is -2.34. The van der Waals surface area contributed by atoms with Gasteiger partial charge in [-0.15, -0.1) is 12.4 Å². The van der Waals surface area contributed by atoms with Gasteiger partial charge >= 0.3 is 0 Å². The molecule has 2 heterocycles. The van der Waals surface area contributed by atoms with Gasteiger partial charge in [0.15, 0.2) is 0 Å². The van der Waals surface area contributed by atoms with Gasteiger partial charge < -0.3 is 5.73 Å². The molecule has 2 unspecified atom stereocenters. The third kappa shape index (κ3) is 2.84.